The second-order valence-electron chi connectivity index (χ2n) is 7.02. The highest BCUT2D eigenvalue weighted by Gasteiger charge is 2.32. The molecule has 26 heavy (non-hydrogen) atoms. The van der Waals surface area contributed by atoms with Crippen LogP contribution < -0.4 is 5.73 Å². The normalized spacial score (nSPS) is 19.2. The van der Waals surface area contributed by atoms with Gasteiger partial charge in [-0.3, -0.25) is 4.21 Å². The van der Waals surface area contributed by atoms with E-state index in [4.69, 9.17) is 15.7 Å². The van der Waals surface area contributed by atoms with Gasteiger partial charge in [0.15, 0.2) is 5.82 Å². The van der Waals surface area contributed by atoms with Crippen LogP contribution in [0.25, 0.3) is 21.6 Å². The summed E-state index contributed by atoms with van der Waals surface area (Å²) in [5.41, 5.74) is 8.91. The Hall–Kier alpha value is -1.93. The minimum atomic E-state index is -1.04. The maximum Gasteiger partial charge on any atom is 0.164 e. The summed E-state index contributed by atoms with van der Waals surface area (Å²) in [5.74, 6) is 1.04. The van der Waals surface area contributed by atoms with Crippen LogP contribution in [0, 0.1) is 0 Å². The number of hydrogen-bond donors (Lipinski definition) is 1. The van der Waals surface area contributed by atoms with Gasteiger partial charge in [0.05, 0.1) is 33.1 Å². The van der Waals surface area contributed by atoms with Crippen molar-refractivity contribution in [2.24, 2.45) is 0 Å². The van der Waals surface area contributed by atoms with E-state index in [9.17, 15) is 4.21 Å². The highest BCUT2D eigenvalue weighted by molar-refractivity contribution is 7.88. The topological polar surface area (TPSA) is 94.7 Å². The van der Waals surface area contributed by atoms with Crippen molar-refractivity contribution in [1.82, 2.24) is 19.9 Å². The molecular formula is C18H19N5OS2. The Morgan fingerprint density at radius 1 is 1.08 bits per heavy atom. The molecule has 3 heterocycles. The number of fused-ring (bicyclic) bond motifs is 1. The molecule has 0 aromatic carbocycles. The monoisotopic (exact) mass is 385 g/mol. The van der Waals surface area contributed by atoms with E-state index in [1.165, 1.54) is 24.1 Å². The Morgan fingerprint density at radius 3 is 2.42 bits per heavy atom. The first kappa shape index (κ1) is 16.3. The number of rotatable bonds is 4. The van der Waals surface area contributed by atoms with Gasteiger partial charge in [-0.15, -0.1) is 11.3 Å². The van der Waals surface area contributed by atoms with Crippen molar-refractivity contribution in [3.63, 3.8) is 0 Å². The van der Waals surface area contributed by atoms with Crippen LogP contribution in [0.1, 0.15) is 50.1 Å². The van der Waals surface area contributed by atoms with Gasteiger partial charge in [-0.25, -0.2) is 19.9 Å². The van der Waals surface area contributed by atoms with Crippen LogP contribution in [0.3, 0.4) is 0 Å². The van der Waals surface area contributed by atoms with Gasteiger partial charge in [0.1, 0.15) is 15.4 Å². The molecule has 8 heteroatoms. The van der Waals surface area contributed by atoms with Crippen LogP contribution in [0.2, 0.25) is 0 Å². The zero-order valence-electron chi connectivity index (χ0n) is 14.2. The second kappa shape index (κ2) is 6.35. The third-order valence-corrected chi connectivity index (χ3v) is 8.73. The first-order valence-corrected chi connectivity index (χ1v) is 11.0. The zero-order chi connectivity index (χ0) is 17.7. The highest BCUT2D eigenvalue weighted by Crippen LogP contribution is 2.46. The summed E-state index contributed by atoms with van der Waals surface area (Å²) in [4.78, 5) is 18.6. The lowest BCUT2D eigenvalue weighted by atomic mass is 9.81. The number of thiophene rings is 1. The van der Waals surface area contributed by atoms with E-state index >= 15 is 0 Å². The van der Waals surface area contributed by atoms with E-state index in [1.54, 1.807) is 12.4 Å². The predicted octanol–water partition coefficient (Wildman–Crippen LogP) is 3.66. The third kappa shape index (κ3) is 2.54. The Morgan fingerprint density at radius 2 is 1.81 bits per heavy atom. The molecule has 0 saturated heterocycles. The molecular weight excluding hydrogens is 366 g/mol. The summed E-state index contributed by atoms with van der Waals surface area (Å²) in [6, 6.07) is 0. The number of nitrogens with zero attached hydrogens (tertiary/aromatic N) is 4. The molecule has 2 fully saturated rings. The molecule has 0 amide bonds. The molecule has 5 rings (SSSR count). The summed E-state index contributed by atoms with van der Waals surface area (Å²) in [6.45, 7) is 0. The minimum absolute atomic E-state index is 0.243. The molecule has 2 aliphatic rings. The van der Waals surface area contributed by atoms with E-state index in [2.05, 4.69) is 9.97 Å². The Kier molecular flexibility index (Phi) is 3.97. The molecule has 1 atom stereocenters. The fourth-order valence-electron chi connectivity index (χ4n) is 3.43. The molecule has 0 radical (unpaired) electrons. The number of nitrogens with two attached hydrogens (primary N) is 1. The summed E-state index contributed by atoms with van der Waals surface area (Å²) in [6.07, 6.45) is 11.6. The van der Waals surface area contributed by atoms with Crippen LogP contribution in [-0.2, 0) is 10.8 Å². The Bertz CT molecular complexity index is 996. The van der Waals surface area contributed by atoms with Crippen LogP contribution >= 0.6 is 11.3 Å². The van der Waals surface area contributed by atoms with Gasteiger partial charge in [-0.1, -0.05) is 12.8 Å². The highest BCUT2D eigenvalue weighted by atomic mass is 32.2. The maximum atomic E-state index is 12.9. The van der Waals surface area contributed by atoms with Crippen molar-refractivity contribution in [3.8, 4) is 11.4 Å². The molecule has 6 nitrogen and oxygen atoms in total. The van der Waals surface area contributed by atoms with Crippen LogP contribution in [0.4, 0.5) is 5.69 Å². The molecule has 3 aromatic heterocycles. The number of nitrogen functional groups attached to an aromatic ring is 1. The Balaban J connectivity index is 1.69. The third-order valence-electron chi connectivity index (χ3n) is 5.43. The predicted molar refractivity (Wildman–Crippen MR) is 103 cm³/mol. The maximum absolute atomic E-state index is 12.9. The smallest absolute Gasteiger partial charge is 0.164 e. The fraction of sp³-hybridized carbons (Fsp3) is 0.444. The van der Waals surface area contributed by atoms with E-state index in [1.807, 2.05) is 0 Å². The second-order valence-corrected chi connectivity index (χ2v) is 9.95. The number of anilines is 1. The molecule has 2 saturated carbocycles. The first-order chi connectivity index (χ1) is 12.7. The van der Waals surface area contributed by atoms with E-state index in [0.29, 0.717) is 17.4 Å². The summed E-state index contributed by atoms with van der Waals surface area (Å²) in [7, 11) is -1.04. The van der Waals surface area contributed by atoms with E-state index in [-0.39, 0.29) is 5.25 Å². The van der Waals surface area contributed by atoms with Gasteiger partial charge in [0.25, 0.3) is 0 Å². The lowest BCUT2D eigenvalue weighted by Gasteiger charge is -2.26. The van der Waals surface area contributed by atoms with E-state index in [0.717, 1.165) is 57.8 Å². The number of hydrogen-bond acceptors (Lipinski definition) is 7. The van der Waals surface area contributed by atoms with Crippen molar-refractivity contribution in [3.05, 3.63) is 24.4 Å². The van der Waals surface area contributed by atoms with Crippen molar-refractivity contribution >= 4 is 38.0 Å². The van der Waals surface area contributed by atoms with Crippen molar-refractivity contribution < 1.29 is 4.21 Å². The van der Waals surface area contributed by atoms with Gasteiger partial charge in [0, 0.05) is 23.6 Å². The van der Waals surface area contributed by atoms with Gasteiger partial charge < -0.3 is 5.73 Å². The molecule has 0 spiro atoms. The van der Waals surface area contributed by atoms with Crippen LogP contribution in [0.15, 0.2) is 22.9 Å². The quantitative estimate of drug-likeness (QED) is 0.736. The SMILES string of the molecule is Nc1c(S(=O)C2CCC2)sc2nc(-c3cncnc3)nc(C3CCC3)c12. The fourth-order valence-corrected chi connectivity index (χ4v) is 6.63. The number of aromatic nitrogens is 4. The average molecular weight is 386 g/mol. The van der Waals surface area contributed by atoms with Crippen molar-refractivity contribution in [2.75, 3.05) is 5.73 Å². The summed E-state index contributed by atoms with van der Waals surface area (Å²) in [5, 5.41) is 1.16. The van der Waals surface area contributed by atoms with Gasteiger partial charge in [0.2, 0.25) is 0 Å². The van der Waals surface area contributed by atoms with Gasteiger partial charge >= 0.3 is 0 Å². The molecule has 134 valence electrons. The van der Waals surface area contributed by atoms with Crippen LogP contribution in [-0.4, -0.2) is 29.4 Å². The summed E-state index contributed by atoms with van der Waals surface area (Å²) < 4.78 is 13.7. The zero-order valence-corrected chi connectivity index (χ0v) is 15.9. The molecule has 2 aliphatic carbocycles. The summed E-state index contributed by atoms with van der Waals surface area (Å²) >= 11 is 1.47. The Labute approximate surface area is 157 Å². The van der Waals surface area contributed by atoms with E-state index < -0.39 is 10.8 Å². The molecule has 1 unspecified atom stereocenters. The molecule has 0 bridgehead atoms. The average Bonchev–Trinajstić information content (AvgIpc) is 2.89. The van der Waals surface area contributed by atoms with Crippen molar-refractivity contribution in [2.45, 2.75) is 53.9 Å². The van der Waals surface area contributed by atoms with Gasteiger partial charge in [-0.05, 0) is 25.7 Å². The molecule has 2 N–H and O–H groups in total. The minimum Gasteiger partial charge on any atom is -0.396 e. The van der Waals surface area contributed by atoms with Crippen LogP contribution in [0.5, 0.6) is 0 Å². The lowest BCUT2D eigenvalue weighted by Crippen LogP contribution is -2.23. The van der Waals surface area contributed by atoms with Crippen molar-refractivity contribution in [1.29, 1.82) is 0 Å². The first-order valence-electron chi connectivity index (χ1n) is 8.98. The lowest BCUT2D eigenvalue weighted by molar-refractivity contribution is 0.414. The molecule has 0 aliphatic heterocycles. The van der Waals surface area contributed by atoms with Gasteiger partial charge in [-0.2, -0.15) is 0 Å². The standard InChI is InChI=1S/C18H19N5OS2/c19-14-13-15(10-3-1-4-10)22-16(11-7-20-9-21-8-11)23-17(13)25-18(14)26(24)12-5-2-6-12/h7-10,12H,1-6,19H2. The molecule has 3 aromatic rings. The largest absolute Gasteiger partial charge is 0.396 e.